The van der Waals surface area contributed by atoms with Gasteiger partial charge in [0.15, 0.2) is 0 Å². The van der Waals surface area contributed by atoms with Crippen molar-refractivity contribution >= 4 is 17.3 Å². The normalized spacial score (nSPS) is 12.5. The van der Waals surface area contributed by atoms with Gasteiger partial charge in [-0.2, -0.15) is 5.10 Å². The third-order valence-corrected chi connectivity index (χ3v) is 2.80. The van der Waals surface area contributed by atoms with Crippen molar-refractivity contribution in [2.45, 2.75) is 46.2 Å². The summed E-state index contributed by atoms with van der Waals surface area (Å²) in [6.07, 6.45) is 3.45. The fraction of sp³-hybridized carbons (Fsp3) is 0.636. The molecule has 0 aliphatic heterocycles. The summed E-state index contributed by atoms with van der Waals surface area (Å²) in [5.74, 6) is 0. The molecule has 16 heavy (non-hydrogen) atoms. The van der Waals surface area contributed by atoms with Crippen LogP contribution in [0.15, 0.2) is 11.0 Å². The van der Waals surface area contributed by atoms with E-state index in [0.29, 0.717) is 12.2 Å². The molecule has 1 aromatic rings. The van der Waals surface area contributed by atoms with E-state index in [2.05, 4.69) is 17.3 Å². The van der Waals surface area contributed by atoms with Crippen molar-refractivity contribution in [1.29, 1.82) is 0 Å². The molecule has 0 saturated heterocycles. The van der Waals surface area contributed by atoms with Gasteiger partial charge in [0.05, 0.1) is 11.9 Å². The monoisotopic (exact) mass is 243 g/mol. The van der Waals surface area contributed by atoms with Crippen LogP contribution in [0.5, 0.6) is 0 Å². The van der Waals surface area contributed by atoms with E-state index < -0.39 is 0 Å². The molecule has 0 radical (unpaired) electrons. The maximum absolute atomic E-state index is 11.8. The van der Waals surface area contributed by atoms with Gasteiger partial charge >= 0.3 is 0 Å². The summed E-state index contributed by atoms with van der Waals surface area (Å²) >= 11 is 6.00. The van der Waals surface area contributed by atoms with E-state index in [0.717, 1.165) is 12.8 Å². The third-order valence-electron chi connectivity index (χ3n) is 2.43. The molecule has 0 saturated carbocycles. The molecule has 4 nitrogen and oxygen atoms in total. The smallest absolute Gasteiger partial charge is 0.287 e. The van der Waals surface area contributed by atoms with E-state index >= 15 is 0 Å². The number of aryl methyl sites for hydroxylation is 1. The summed E-state index contributed by atoms with van der Waals surface area (Å²) in [6, 6.07) is 0.278. The van der Waals surface area contributed by atoms with Crippen LogP contribution in [0.4, 0.5) is 5.69 Å². The van der Waals surface area contributed by atoms with Crippen LogP contribution >= 0.6 is 11.6 Å². The molecule has 0 aliphatic rings. The molecule has 1 aromatic heterocycles. The molecule has 1 atom stereocenters. The third kappa shape index (κ3) is 2.98. The van der Waals surface area contributed by atoms with Crippen LogP contribution in [-0.2, 0) is 6.54 Å². The maximum Gasteiger partial charge on any atom is 0.287 e. The predicted octanol–water partition coefficient (Wildman–Crippen LogP) is 2.52. The molecule has 5 heteroatoms. The largest absolute Gasteiger partial charge is 0.380 e. The van der Waals surface area contributed by atoms with Gasteiger partial charge in [-0.25, -0.2) is 4.68 Å². The number of nitrogens with zero attached hydrogens (tertiary/aromatic N) is 2. The summed E-state index contributed by atoms with van der Waals surface area (Å²) in [7, 11) is 0. The van der Waals surface area contributed by atoms with Crippen molar-refractivity contribution in [2.24, 2.45) is 0 Å². The van der Waals surface area contributed by atoms with Crippen LogP contribution < -0.4 is 10.9 Å². The minimum absolute atomic E-state index is 0.225. The zero-order valence-corrected chi connectivity index (χ0v) is 10.7. The van der Waals surface area contributed by atoms with Crippen LogP contribution in [0.25, 0.3) is 0 Å². The quantitative estimate of drug-likeness (QED) is 0.865. The first kappa shape index (κ1) is 13.0. The van der Waals surface area contributed by atoms with Crippen molar-refractivity contribution in [2.75, 3.05) is 5.32 Å². The average molecular weight is 244 g/mol. The summed E-state index contributed by atoms with van der Waals surface area (Å²) in [5, 5.41) is 7.46. The molecule has 1 rings (SSSR count). The van der Waals surface area contributed by atoms with E-state index in [-0.39, 0.29) is 16.6 Å². The molecule has 90 valence electrons. The molecule has 0 fully saturated rings. The molecule has 0 aromatic carbocycles. The predicted molar refractivity (Wildman–Crippen MR) is 67.2 cm³/mol. The first-order chi connectivity index (χ1) is 7.60. The van der Waals surface area contributed by atoms with Crippen LogP contribution in [-0.4, -0.2) is 15.8 Å². The number of hydrogen-bond acceptors (Lipinski definition) is 3. The molecule has 0 aliphatic carbocycles. The highest BCUT2D eigenvalue weighted by Crippen LogP contribution is 2.16. The van der Waals surface area contributed by atoms with E-state index in [9.17, 15) is 4.79 Å². The lowest BCUT2D eigenvalue weighted by Crippen LogP contribution is -2.25. The van der Waals surface area contributed by atoms with E-state index in [1.807, 2.05) is 13.8 Å². The molecule has 0 bridgehead atoms. The topological polar surface area (TPSA) is 46.9 Å². The molecule has 1 unspecified atom stereocenters. The Kier molecular flexibility index (Phi) is 4.80. The van der Waals surface area contributed by atoms with Gasteiger partial charge in [0.2, 0.25) is 0 Å². The van der Waals surface area contributed by atoms with Crippen molar-refractivity contribution in [3.05, 3.63) is 21.6 Å². The van der Waals surface area contributed by atoms with E-state index in [1.165, 1.54) is 4.68 Å². The number of aromatic nitrogens is 2. The Hall–Kier alpha value is -1.03. The Morgan fingerprint density at radius 3 is 2.81 bits per heavy atom. The van der Waals surface area contributed by atoms with Gasteiger partial charge in [-0.15, -0.1) is 0 Å². The standard InChI is InChI=1S/C11H18ClN3O/c1-4-6-15-11(16)10(12)9(7-13-15)14-8(3)5-2/h7-8,14H,4-6H2,1-3H3. The second kappa shape index (κ2) is 5.89. The van der Waals surface area contributed by atoms with Crippen molar-refractivity contribution in [3.63, 3.8) is 0 Å². The summed E-state index contributed by atoms with van der Waals surface area (Å²) in [5.41, 5.74) is 0.394. The summed E-state index contributed by atoms with van der Waals surface area (Å²) in [6.45, 7) is 6.70. The first-order valence-corrected chi connectivity index (χ1v) is 6.00. The van der Waals surface area contributed by atoms with Gasteiger partial charge in [-0.1, -0.05) is 25.4 Å². The van der Waals surface area contributed by atoms with Crippen LogP contribution in [0, 0.1) is 0 Å². The van der Waals surface area contributed by atoms with Crippen molar-refractivity contribution in [3.8, 4) is 0 Å². The van der Waals surface area contributed by atoms with Crippen LogP contribution in [0.2, 0.25) is 5.02 Å². The maximum atomic E-state index is 11.8. The Bertz CT molecular complexity index is 403. The Labute approximate surface area is 101 Å². The lowest BCUT2D eigenvalue weighted by molar-refractivity contribution is 0.568. The molecular formula is C11H18ClN3O. The first-order valence-electron chi connectivity index (χ1n) is 5.62. The Balaban J connectivity index is 2.98. The second-order valence-corrected chi connectivity index (χ2v) is 4.23. The molecule has 0 amide bonds. The van der Waals surface area contributed by atoms with E-state index in [1.54, 1.807) is 6.20 Å². The highest BCUT2D eigenvalue weighted by molar-refractivity contribution is 6.32. The van der Waals surface area contributed by atoms with Crippen LogP contribution in [0.3, 0.4) is 0 Å². The lowest BCUT2D eigenvalue weighted by atomic mass is 10.2. The molecule has 1 N–H and O–H groups in total. The van der Waals surface area contributed by atoms with Crippen molar-refractivity contribution in [1.82, 2.24) is 9.78 Å². The zero-order valence-electron chi connectivity index (χ0n) is 9.96. The number of halogens is 1. The fourth-order valence-corrected chi connectivity index (χ4v) is 1.51. The number of anilines is 1. The SMILES string of the molecule is CCCn1ncc(NC(C)CC)c(Cl)c1=O. The average Bonchev–Trinajstić information content (AvgIpc) is 2.28. The fourth-order valence-electron chi connectivity index (χ4n) is 1.30. The highest BCUT2D eigenvalue weighted by Gasteiger charge is 2.10. The zero-order chi connectivity index (χ0) is 12.1. The van der Waals surface area contributed by atoms with Gasteiger partial charge in [0.1, 0.15) is 5.02 Å². The number of nitrogens with one attached hydrogen (secondary N) is 1. The van der Waals surface area contributed by atoms with E-state index in [4.69, 9.17) is 11.6 Å². The minimum atomic E-state index is -0.225. The highest BCUT2D eigenvalue weighted by atomic mass is 35.5. The number of rotatable bonds is 5. The van der Waals surface area contributed by atoms with Gasteiger partial charge in [-0.3, -0.25) is 4.79 Å². The molecule has 1 heterocycles. The van der Waals surface area contributed by atoms with Gasteiger partial charge in [0.25, 0.3) is 5.56 Å². The van der Waals surface area contributed by atoms with Crippen LogP contribution in [0.1, 0.15) is 33.6 Å². The van der Waals surface area contributed by atoms with Gasteiger partial charge in [0, 0.05) is 12.6 Å². The second-order valence-electron chi connectivity index (χ2n) is 3.85. The summed E-state index contributed by atoms with van der Waals surface area (Å²) in [4.78, 5) is 11.8. The van der Waals surface area contributed by atoms with Gasteiger partial charge in [-0.05, 0) is 19.8 Å². The number of hydrogen-bond donors (Lipinski definition) is 1. The summed E-state index contributed by atoms with van der Waals surface area (Å²) < 4.78 is 1.39. The van der Waals surface area contributed by atoms with Crippen molar-refractivity contribution < 1.29 is 0 Å². The molecule has 0 spiro atoms. The Morgan fingerprint density at radius 1 is 1.56 bits per heavy atom. The van der Waals surface area contributed by atoms with Gasteiger partial charge < -0.3 is 5.32 Å². The minimum Gasteiger partial charge on any atom is -0.380 e. The Morgan fingerprint density at radius 2 is 2.25 bits per heavy atom. The lowest BCUT2D eigenvalue weighted by Gasteiger charge is -2.14. The molecular weight excluding hydrogens is 226 g/mol.